The molecule has 3 aromatic rings. The summed E-state index contributed by atoms with van der Waals surface area (Å²) in [5, 5.41) is 9.61. The van der Waals surface area contributed by atoms with E-state index in [0.29, 0.717) is 30.5 Å². The molecule has 0 atom stereocenters. The second-order valence-corrected chi connectivity index (χ2v) is 5.76. The van der Waals surface area contributed by atoms with Crippen molar-refractivity contribution < 1.29 is 14.6 Å². The van der Waals surface area contributed by atoms with Crippen LogP contribution in [0, 0.1) is 13.8 Å². The number of aliphatic hydroxyl groups is 1. The molecule has 1 N–H and O–H groups in total. The summed E-state index contributed by atoms with van der Waals surface area (Å²) in [4.78, 5) is 4.53. The van der Waals surface area contributed by atoms with Crippen molar-refractivity contribution in [3.8, 4) is 11.5 Å². The predicted octanol–water partition coefficient (Wildman–Crippen LogP) is 3.23. The molecular weight excluding hydrogens is 304 g/mol. The van der Waals surface area contributed by atoms with E-state index in [1.165, 1.54) is 11.1 Å². The number of nitrogens with zero attached hydrogens (tertiary/aromatic N) is 2. The summed E-state index contributed by atoms with van der Waals surface area (Å²) in [5.41, 5.74) is 4.32. The molecule has 0 aliphatic heterocycles. The highest BCUT2D eigenvalue weighted by molar-refractivity contribution is 5.78. The number of aromatic nitrogens is 2. The average Bonchev–Trinajstić information content (AvgIpc) is 2.92. The van der Waals surface area contributed by atoms with Gasteiger partial charge in [0.25, 0.3) is 0 Å². The average molecular weight is 326 g/mol. The number of aryl methyl sites for hydroxylation is 2. The lowest BCUT2D eigenvalue weighted by molar-refractivity contribution is 0.252. The van der Waals surface area contributed by atoms with Crippen LogP contribution in [0.1, 0.15) is 17.0 Å². The molecule has 0 amide bonds. The highest BCUT2D eigenvalue weighted by atomic mass is 16.5. The topological polar surface area (TPSA) is 56.5 Å². The number of benzene rings is 2. The van der Waals surface area contributed by atoms with E-state index in [1.807, 2.05) is 28.8 Å². The maximum Gasteiger partial charge on any atom is 0.161 e. The largest absolute Gasteiger partial charge is 0.493 e. The number of aliphatic hydroxyl groups excluding tert-OH is 1. The number of hydrogen-bond donors (Lipinski definition) is 1. The summed E-state index contributed by atoms with van der Waals surface area (Å²) >= 11 is 0. The Morgan fingerprint density at radius 2 is 1.79 bits per heavy atom. The van der Waals surface area contributed by atoms with Gasteiger partial charge in [-0.1, -0.05) is 12.1 Å². The first-order valence-electron chi connectivity index (χ1n) is 7.97. The minimum Gasteiger partial charge on any atom is -0.493 e. The van der Waals surface area contributed by atoms with Crippen molar-refractivity contribution in [2.24, 2.45) is 0 Å². The number of rotatable bonds is 6. The zero-order valence-electron chi connectivity index (χ0n) is 14.2. The molecule has 2 aromatic carbocycles. The maximum absolute atomic E-state index is 9.61. The molecule has 3 rings (SSSR count). The fourth-order valence-corrected chi connectivity index (χ4v) is 2.79. The first kappa shape index (κ1) is 16.3. The van der Waals surface area contributed by atoms with Crippen molar-refractivity contribution in [3.63, 3.8) is 0 Å². The van der Waals surface area contributed by atoms with Crippen LogP contribution >= 0.6 is 0 Å². The predicted molar refractivity (Wildman–Crippen MR) is 93.6 cm³/mol. The number of fused-ring (bicyclic) bond motifs is 1. The van der Waals surface area contributed by atoms with Crippen molar-refractivity contribution in [2.45, 2.75) is 27.0 Å². The SMILES string of the molecule is COc1ccccc1OCCn1c(CO)nc2cc(C)c(C)cc21. The van der Waals surface area contributed by atoms with Gasteiger partial charge in [-0.2, -0.15) is 0 Å². The fraction of sp³-hybridized carbons (Fsp3) is 0.316. The molecule has 0 spiro atoms. The van der Waals surface area contributed by atoms with E-state index < -0.39 is 0 Å². The van der Waals surface area contributed by atoms with Gasteiger partial charge < -0.3 is 19.1 Å². The van der Waals surface area contributed by atoms with Crippen molar-refractivity contribution in [1.82, 2.24) is 9.55 Å². The van der Waals surface area contributed by atoms with Crippen molar-refractivity contribution in [1.29, 1.82) is 0 Å². The first-order valence-corrected chi connectivity index (χ1v) is 7.97. The number of hydrogen-bond acceptors (Lipinski definition) is 4. The third kappa shape index (κ3) is 3.08. The lowest BCUT2D eigenvalue weighted by Gasteiger charge is -2.12. The Labute approximate surface area is 141 Å². The first-order chi connectivity index (χ1) is 11.6. The Balaban J connectivity index is 1.83. The van der Waals surface area contributed by atoms with Crippen LogP contribution in [0.4, 0.5) is 0 Å². The van der Waals surface area contributed by atoms with Gasteiger partial charge in [-0.05, 0) is 49.2 Å². The molecule has 0 fully saturated rings. The van der Waals surface area contributed by atoms with Crippen molar-refractivity contribution in [2.75, 3.05) is 13.7 Å². The van der Waals surface area contributed by atoms with E-state index in [1.54, 1.807) is 7.11 Å². The molecule has 5 heteroatoms. The van der Waals surface area contributed by atoms with Gasteiger partial charge in [0.15, 0.2) is 11.5 Å². The molecule has 0 unspecified atom stereocenters. The molecule has 1 heterocycles. The zero-order valence-corrected chi connectivity index (χ0v) is 14.2. The van der Waals surface area contributed by atoms with E-state index in [9.17, 15) is 5.11 Å². The summed E-state index contributed by atoms with van der Waals surface area (Å²) in [6.07, 6.45) is 0. The number of imidazole rings is 1. The van der Waals surface area contributed by atoms with Crippen LogP contribution < -0.4 is 9.47 Å². The van der Waals surface area contributed by atoms with E-state index in [2.05, 4.69) is 31.0 Å². The molecule has 24 heavy (non-hydrogen) atoms. The summed E-state index contributed by atoms with van der Waals surface area (Å²) in [6.45, 7) is 5.12. The van der Waals surface area contributed by atoms with Crippen LogP contribution in [-0.4, -0.2) is 28.4 Å². The molecule has 5 nitrogen and oxygen atoms in total. The fourth-order valence-electron chi connectivity index (χ4n) is 2.79. The van der Waals surface area contributed by atoms with Crippen LogP contribution in [0.5, 0.6) is 11.5 Å². The smallest absolute Gasteiger partial charge is 0.161 e. The molecule has 0 radical (unpaired) electrons. The molecule has 0 aliphatic rings. The normalized spacial score (nSPS) is 11.0. The lowest BCUT2D eigenvalue weighted by atomic mass is 10.1. The van der Waals surface area contributed by atoms with Gasteiger partial charge in [0.2, 0.25) is 0 Å². The molecule has 0 saturated carbocycles. The monoisotopic (exact) mass is 326 g/mol. The summed E-state index contributed by atoms with van der Waals surface area (Å²) < 4.78 is 13.2. The highest BCUT2D eigenvalue weighted by Gasteiger charge is 2.12. The number of ether oxygens (including phenoxy) is 2. The van der Waals surface area contributed by atoms with E-state index in [4.69, 9.17) is 9.47 Å². The molecule has 0 aliphatic carbocycles. The van der Waals surface area contributed by atoms with Gasteiger partial charge in [-0.15, -0.1) is 0 Å². The summed E-state index contributed by atoms with van der Waals surface area (Å²) in [6, 6.07) is 11.7. The standard InChI is InChI=1S/C19H22N2O3/c1-13-10-15-16(11-14(13)2)21(19(12-22)20-15)8-9-24-18-7-5-4-6-17(18)23-3/h4-7,10-11,22H,8-9,12H2,1-3H3. The third-order valence-corrected chi connectivity index (χ3v) is 4.23. The van der Waals surface area contributed by atoms with E-state index in [-0.39, 0.29) is 6.61 Å². The Kier molecular flexibility index (Phi) is 4.71. The van der Waals surface area contributed by atoms with E-state index in [0.717, 1.165) is 11.0 Å². The van der Waals surface area contributed by atoms with Gasteiger partial charge in [0, 0.05) is 0 Å². The van der Waals surface area contributed by atoms with Gasteiger partial charge in [-0.25, -0.2) is 4.98 Å². The Bertz CT molecular complexity index is 855. The van der Waals surface area contributed by atoms with Crippen LogP contribution in [0.25, 0.3) is 11.0 Å². The maximum atomic E-state index is 9.61. The van der Waals surface area contributed by atoms with Gasteiger partial charge in [-0.3, -0.25) is 0 Å². The highest BCUT2D eigenvalue weighted by Crippen LogP contribution is 2.26. The zero-order chi connectivity index (χ0) is 17.1. The summed E-state index contributed by atoms with van der Waals surface area (Å²) in [5.74, 6) is 2.07. The van der Waals surface area contributed by atoms with Crippen molar-refractivity contribution >= 4 is 11.0 Å². The Hall–Kier alpha value is -2.53. The number of para-hydroxylation sites is 2. The lowest BCUT2D eigenvalue weighted by Crippen LogP contribution is -2.11. The molecular formula is C19H22N2O3. The second kappa shape index (κ2) is 6.93. The van der Waals surface area contributed by atoms with Gasteiger partial charge in [0.05, 0.1) is 24.7 Å². The quantitative estimate of drug-likeness (QED) is 0.755. The number of methoxy groups -OCH3 is 1. The minimum atomic E-state index is -0.0958. The Morgan fingerprint density at radius 3 is 2.50 bits per heavy atom. The van der Waals surface area contributed by atoms with Crippen molar-refractivity contribution in [3.05, 3.63) is 53.3 Å². The second-order valence-electron chi connectivity index (χ2n) is 5.76. The molecule has 0 bridgehead atoms. The molecule has 126 valence electrons. The third-order valence-electron chi connectivity index (χ3n) is 4.23. The Morgan fingerprint density at radius 1 is 1.08 bits per heavy atom. The minimum absolute atomic E-state index is 0.0958. The van der Waals surface area contributed by atoms with Gasteiger partial charge >= 0.3 is 0 Å². The van der Waals surface area contributed by atoms with Crippen LogP contribution in [-0.2, 0) is 13.2 Å². The van der Waals surface area contributed by atoms with Gasteiger partial charge in [0.1, 0.15) is 19.0 Å². The van der Waals surface area contributed by atoms with Crippen LogP contribution in [0.2, 0.25) is 0 Å². The van der Waals surface area contributed by atoms with E-state index >= 15 is 0 Å². The summed E-state index contributed by atoms with van der Waals surface area (Å²) in [7, 11) is 1.63. The van der Waals surface area contributed by atoms with Crippen LogP contribution in [0.3, 0.4) is 0 Å². The van der Waals surface area contributed by atoms with Crippen LogP contribution in [0.15, 0.2) is 36.4 Å². The molecule has 0 saturated heterocycles. The molecule has 1 aromatic heterocycles.